The molecule has 0 fully saturated rings. The van der Waals surface area contributed by atoms with Crippen molar-refractivity contribution in [3.8, 4) is 0 Å². The van der Waals surface area contributed by atoms with E-state index in [0.29, 0.717) is 31.6 Å². The van der Waals surface area contributed by atoms with Crippen LogP contribution in [0.5, 0.6) is 0 Å². The lowest BCUT2D eigenvalue weighted by molar-refractivity contribution is -0.161. The van der Waals surface area contributed by atoms with Crippen LogP contribution < -0.4 is 0 Å². The van der Waals surface area contributed by atoms with Gasteiger partial charge in [0.15, 0.2) is 12.2 Å². The zero-order chi connectivity index (χ0) is 74.4. The Labute approximate surface area is 618 Å². The Morgan fingerprint density at radius 3 is 0.802 bits per heavy atom. The molecule has 0 aliphatic heterocycles. The topological polar surface area (TPSA) is 237 Å². The number of phosphoric acid groups is 2. The number of allylic oxidation sites excluding steroid dienone is 4. The Morgan fingerprint density at radius 2 is 0.535 bits per heavy atom. The second-order valence-electron chi connectivity index (χ2n) is 30.3. The molecule has 0 aromatic carbocycles. The molecule has 0 radical (unpaired) electrons. The van der Waals surface area contributed by atoms with Crippen LogP contribution in [0.25, 0.3) is 0 Å². The number of unbranched alkanes of at least 4 members (excludes halogenated alkanes) is 43. The average molecular weight is 1480 g/mol. The molecule has 0 amide bonds. The van der Waals surface area contributed by atoms with Crippen molar-refractivity contribution >= 4 is 39.5 Å². The van der Waals surface area contributed by atoms with Crippen molar-refractivity contribution in [1.82, 2.24) is 0 Å². The number of hydrogen-bond acceptors (Lipinski definition) is 15. The standard InChI is InChI=1S/C82H156O17P2/c1-8-9-10-11-12-13-14-15-20-25-31-36-43-51-58-65-81(86)98-77(69-92-79(84)63-56-49-42-35-30-24-22-19-17-16-18-21-23-28-33-39-46-53-60-73(2)3)71-96-100(88,89)94-67-76(83)68-95-101(90,91)97-72-78(70-93-80(85)64-57-50-45-38-41-48-55-62-75(6)7)99-82(87)66-59-52-44-37-32-27-26-29-34-40-47-54-61-74(4)5/h13-15,20,73-78,83H,8-12,16-19,21-72H2,1-7H3,(H,88,89)(H,90,91)/b14-13-,20-15-/t76?,77-,78-/m1/s1. The molecule has 0 aliphatic rings. The van der Waals surface area contributed by atoms with Crippen molar-refractivity contribution in [2.75, 3.05) is 39.6 Å². The fourth-order valence-corrected chi connectivity index (χ4v) is 13.7. The Morgan fingerprint density at radius 1 is 0.307 bits per heavy atom. The zero-order valence-corrected chi connectivity index (χ0v) is 67.6. The fourth-order valence-electron chi connectivity index (χ4n) is 12.1. The summed E-state index contributed by atoms with van der Waals surface area (Å²) in [5.41, 5.74) is 0. The van der Waals surface area contributed by atoms with Gasteiger partial charge >= 0.3 is 39.5 Å². The zero-order valence-electron chi connectivity index (χ0n) is 65.9. The normalized spacial score (nSPS) is 14.1. The van der Waals surface area contributed by atoms with Crippen LogP contribution in [0.3, 0.4) is 0 Å². The van der Waals surface area contributed by atoms with E-state index in [2.05, 4.69) is 72.8 Å². The predicted octanol–water partition coefficient (Wildman–Crippen LogP) is 24.1. The maximum absolute atomic E-state index is 13.1. The van der Waals surface area contributed by atoms with Crippen LogP contribution in [0.4, 0.5) is 0 Å². The summed E-state index contributed by atoms with van der Waals surface area (Å²) >= 11 is 0. The van der Waals surface area contributed by atoms with E-state index >= 15 is 0 Å². The maximum atomic E-state index is 13.1. The van der Waals surface area contributed by atoms with Crippen molar-refractivity contribution in [2.45, 2.75) is 420 Å². The van der Waals surface area contributed by atoms with Gasteiger partial charge in [-0.1, -0.05) is 349 Å². The van der Waals surface area contributed by atoms with E-state index in [0.717, 1.165) is 121 Å². The highest BCUT2D eigenvalue weighted by Crippen LogP contribution is 2.45. The number of esters is 4. The Bertz CT molecular complexity index is 2050. The highest BCUT2D eigenvalue weighted by Gasteiger charge is 2.30. The van der Waals surface area contributed by atoms with Crippen LogP contribution in [0, 0.1) is 17.8 Å². The van der Waals surface area contributed by atoms with Gasteiger partial charge in [0.05, 0.1) is 26.4 Å². The molecule has 19 heteroatoms. The van der Waals surface area contributed by atoms with Crippen LogP contribution in [-0.2, 0) is 65.4 Å². The van der Waals surface area contributed by atoms with E-state index in [1.54, 1.807) is 0 Å². The molecule has 3 N–H and O–H groups in total. The first-order valence-electron chi connectivity index (χ1n) is 41.7. The van der Waals surface area contributed by atoms with Crippen LogP contribution >= 0.6 is 15.6 Å². The van der Waals surface area contributed by atoms with Crippen molar-refractivity contribution in [3.63, 3.8) is 0 Å². The number of phosphoric ester groups is 2. The molecular formula is C82H156O17P2. The Kier molecular flexibility index (Phi) is 70.0. The highest BCUT2D eigenvalue weighted by atomic mass is 31.2. The lowest BCUT2D eigenvalue weighted by atomic mass is 10.0. The summed E-state index contributed by atoms with van der Waals surface area (Å²) in [5, 5.41) is 10.6. The van der Waals surface area contributed by atoms with Gasteiger partial charge in [0, 0.05) is 25.7 Å². The average Bonchev–Trinajstić information content (AvgIpc) is 1.20. The summed E-state index contributed by atoms with van der Waals surface area (Å²) in [7, 11) is -9.93. The third kappa shape index (κ3) is 75.6. The van der Waals surface area contributed by atoms with Gasteiger partial charge in [-0.05, 0) is 69.1 Å². The molecular weight excluding hydrogens is 1320 g/mol. The summed E-state index contributed by atoms with van der Waals surface area (Å²) < 4.78 is 68.7. The van der Waals surface area contributed by atoms with Crippen LogP contribution in [0.1, 0.15) is 402 Å². The number of ether oxygens (including phenoxy) is 4. The highest BCUT2D eigenvalue weighted by molar-refractivity contribution is 7.47. The lowest BCUT2D eigenvalue weighted by Gasteiger charge is -2.21. The Hall–Kier alpha value is -2.46. The summed E-state index contributed by atoms with van der Waals surface area (Å²) in [5.74, 6) is 0.158. The summed E-state index contributed by atoms with van der Waals surface area (Å²) in [6.07, 6.45) is 63.4. The molecule has 17 nitrogen and oxygen atoms in total. The molecule has 0 saturated heterocycles. The van der Waals surface area contributed by atoms with Crippen molar-refractivity contribution in [3.05, 3.63) is 24.3 Å². The molecule has 0 rings (SSSR count). The minimum absolute atomic E-state index is 0.0853. The quantitative estimate of drug-likeness (QED) is 0.0169. The van der Waals surface area contributed by atoms with Gasteiger partial charge in [-0.2, -0.15) is 0 Å². The van der Waals surface area contributed by atoms with E-state index in [1.807, 2.05) is 0 Å². The maximum Gasteiger partial charge on any atom is 0.472 e. The number of carbonyl (C=O) groups is 4. The van der Waals surface area contributed by atoms with Gasteiger partial charge in [-0.25, -0.2) is 9.13 Å². The van der Waals surface area contributed by atoms with Gasteiger partial charge in [-0.3, -0.25) is 37.3 Å². The third-order valence-corrected chi connectivity index (χ3v) is 20.4. The minimum Gasteiger partial charge on any atom is -0.462 e. The smallest absolute Gasteiger partial charge is 0.462 e. The van der Waals surface area contributed by atoms with E-state index in [-0.39, 0.29) is 25.7 Å². The first-order valence-corrected chi connectivity index (χ1v) is 44.7. The molecule has 0 aromatic rings. The first-order chi connectivity index (χ1) is 48.7. The Balaban J connectivity index is 5.24. The number of hydrogen-bond donors (Lipinski definition) is 3. The monoisotopic (exact) mass is 1480 g/mol. The van der Waals surface area contributed by atoms with E-state index in [1.165, 1.54) is 193 Å². The van der Waals surface area contributed by atoms with Gasteiger partial charge in [0.25, 0.3) is 0 Å². The van der Waals surface area contributed by atoms with Crippen LogP contribution in [-0.4, -0.2) is 96.7 Å². The van der Waals surface area contributed by atoms with Crippen LogP contribution in [0.15, 0.2) is 24.3 Å². The summed E-state index contributed by atoms with van der Waals surface area (Å²) in [6, 6.07) is 0. The van der Waals surface area contributed by atoms with Gasteiger partial charge < -0.3 is 33.8 Å². The van der Waals surface area contributed by atoms with E-state index < -0.39 is 97.5 Å². The first kappa shape index (κ1) is 98.5. The van der Waals surface area contributed by atoms with Gasteiger partial charge in [0.2, 0.25) is 0 Å². The molecule has 3 unspecified atom stereocenters. The molecule has 0 aromatic heterocycles. The molecule has 0 saturated carbocycles. The van der Waals surface area contributed by atoms with Crippen LogP contribution in [0.2, 0.25) is 0 Å². The molecule has 101 heavy (non-hydrogen) atoms. The van der Waals surface area contributed by atoms with E-state index in [9.17, 15) is 43.2 Å². The number of carbonyl (C=O) groups excluding carboxylic acids is 4. The lowest BCUT2D eigenvalue weighted by Crippen LogP contribution is -2.30. The number of aliphatic hydroxyl groups excluding tert-OH is 1. The second kappa shape index (κ2) is 71.8. The summed E-state index contributed by atoms with van der Waals surface area (Å²) in [6.45, 7) is 11.9. The second-order valence-corrected chi connectivity index (χ2v) is 33.2. The minimum atomic E-state index is -4.97. The van der Waals surface area contributed by atoms with Crippen molar-refractivity contribution in [2.24, 2.45) is 17.8 Å². The number of rotatable bonds is 78. The SMILES string of the molecule is CCCCCC/C=C\C=C/CCCCCCCC(=O)O[C@H](COC(=O)CCCCCCCCCCCCCCCCCCCCC(C)C)COP(=O)(O)OCC(O)COP(=O)(O)OC[C@@H](COC(=O)CCCCCCCCCC(C)C)OC(=O)CCCCCCCCCCCCCCC(C)C. The van der Waals surface area contributed by atoms with Crippen molar-refractivity contribution < 1.29 is 80.2 Å². The molecule has 596 valence electrons. The molecule has 0 bridgehead atoms. The van der Waals surface area contributed by atoms with Crippen molar-refractivity contribution in [1.29, 1.82) is 0 Å². The van der Waals surface area contributed by atoms with Gasteiger partial charge in [-0.15, -0.1) is 0 Å². The fraction of sp³-hybridized carbons (Fsp3) is 0.902. The molecule has 0 spiro atoms. The summed E-state index contributed by atoms with van der Waals surface area (Å²) in [4.78, 5) is 73.0. The molecule has 5 atom stereocenters. The predicted molar refractivity (Wildman–Crippen MR) is 414 cm³/mol. The van der Waals surface area contributed by atoms with Gasteiger partial charge in [0.1, 0.15) is 19.3 Å². The largest absolute Gasteiger partial charge is 0.472 e. The molecule has 0 heterocycles. The molecule has 0 aliphatic carbocycles. The van der Waals surface area contributed by atoms with E-state index in [4.69, 9.17) is 37.0 Å². The number of aliphatic hydroxyl groups is 1. The third-order valence-electron chi connectivity index (χ3n) is 18.5.